The van der Waals surface area contributed by atoms with E-state index in [1.807, 2.05) is 24.3 Å². The average molecular weight is 438 g/mol. The normalized spacial score (nSPS) is 18.8. The predicted molar refractivity (Wildman–Crippen MR) is 126 cm³/mol. The summed E-state index contributed by atoms with van der Waals surface area (Å²) in [4.78, 5) is 17.8. The maximum Gasteiger partial charge on any atom is 0.251 e. The zero-order valence-corrected chi connectivity index (χ0v) is 19.1. The first kappa shape index (κ1) is 22.8. The van der Waals surface area contributed by atoms with Crippen molar-refractivity contribution in [2.75, 3.05) is 53.0 Å². The van der Waals surface area contributed by atoms with E-state index < -0.39 is 0 Å². The smallest absolute Gasteiger partial charge is 0.251 e. The van der Waals surface area contributed by atoms with E-state index in [4.69, 9.17) is 9.47 Å². The second-order valence-electron chi connectivity index (χ2n) is 8.68. The zero-order chi connectivity index (χ0) is 22.2. The number of likely N-dealkylation sites (tertiary alicyclic amines) is 1. The van der Waals surface area contributed by atoms with Crippen LogP contribution >= 0.6 is 0 Å². The molecule has 32 heavy (non-hydrogen) atoms. The number of ether oxygens (including phenoxy) is 2. The van der Waals surface area contributed by atoms with Gasteiger partial charge in [-0.15, -0.1) is 0 Å². The minimum absolute atomic E-state index is 0.0266. The number of hydrogen-bond donors (Lipinski definition) is 1. The third-order valence-electron chi connectivity index (χ3n) is 6.51. The van der Waals surface area contributed by atoms with Gasteiger partial charge in [-0.3, -0.25) is 14.6 Å². The monoisotopic (exact) mass is 437 g/mol. The van der Waals surface area contributed by atoms with Crippen molar-refractivity contribution in [2.24, 2.45) is 0 Å². The number of amides is 1. The lowest BCUT2D eigenvalue weighted by atomic mass is 10.0. The molecule has 0 spiro atoms. The summed E-state index contributed by atoms with van der Waals surface area (Å²) in [5.74, 6) is 0.810. The number of benzene rings is 2. The Morgan fingerprint density at radius 2 is 1.66 bits per heavy atom. The summed E-state index contributed by atoms with van der Waals surface area (Å²) in [7, 11) is 1.67. The number of methoxy groups -OCH3 is 1. The molecule has 0 aromatic heterocycles. The molecule has 1 atom stereocenters. The van der Waals surface area contributed by atoms with E-state index in [1.54, 1.807) is 7.11 Å². The summed E-state index contributed by atoms with van der Waals surface area (Å²) < 4.78 is 10.8. The molecule has 0 aliphatic carbocycles. The summed E-state index contributed by atoms with van der Waals surface area (Å²) in [6.07, 6.45) is 3.93. The van der Waals surface area contributed by atoms with E-state index in [0.29, 0.717) is 12.1 Å². The van der Waals surface area contributed by atoms with Crippen LogP contribution in [0.3, 0.4) is 0 Å². The van der Waals surface area contributed by atoms with Gasteiger partial charge >= 0.3 is 0 Å². The van der Waals surface area contributed by atoms with Gasteiger partial charge in [0, 0.05) is 31.7 Å². The number of carbonyl (C=O) groups excluding carboxylic acids is 1. The van der Waals surface area contributed by atoms with Crippen LogP contribution in [0.15, 0.2) is 48.5 Å². The molecule has 0 bridgehead atoms. The first-order valence-corrected chi connectivity index (χ1v) is 11.8. The topological polar surface area (TPSA) is 54.0 Å². The highest BCUT2D eigenvalue weighted by Crippen LogP contribution is 2.24. The van der Waals surface area contributed by atoms with Gasteiger partial charge in [-0.2, -0.15) is 0 Å². The first-order chi connectivity index (χ1) is 15.7. The van der Waals surface area contributed by atoms with Crippen molar-refractivity contribution in [3.05, 3.63) is 65.2 Å². The highest BCUT2D eigenvalue weighted by Gasteiger charge is 2.23. The van der Waals surface area contributed by atoms with Crippen molar-refractivity contribution in [1.29, 1.82) is 0 Å². The molecule has 2 aromatic carbocycles. The van der Waals surface area contributed by atoms with Gasteiger partial charge in [-0.25, -0.2) is 0 Å². The molecule has 2 aliphatic rings. The summed E-state index contributed by atoms with van der Waals surface area (Å²) in [6.45, 7) is 7.04. The Labute approximate surface area is 191 Å². The van der Waals surface area contributed by atoms with Gasteiger partial charge < -0.3 is 14.8 Å². The molecule has 172 valence electrons. The van der Waals surface area contributed by atoms with Crippen LogP contribution in [0.4, 0.5) is 0 Å². The van der Waals surface area contributed by atoms with E-state index in [-0.39, 0.29) is 11.9 Å². The molecule has 6 heteroatoms. The van der Waals surface area contributed by atoms with Crippen LogP contribution in [0.1, 0.15) is 46.8 Å². The van der Waals surface area contributed by atoms with Crippen LogP contribution < -0.4 is 10.1 Å². The number of rotatable bonds is 8. The van der Waals surface area contributed by atoms with Crippen molar-refractivity contribution in [3.8, 4) is 5.75 Å². The molecule has 0 saturated carbocycles. The molecule has 6 nitrogen and oxygen atoms in total. The minimum atomic E-state index is -0.0266. The number of nitrogens with zero attached hydrogens (tertiary/aromatic N) is 2. The third kappa shape index (κ3) is 6.09. The van der Waals surface area contributed by atoms with E-state index in [9.17, 15) is 4.79 Å². The maximum atomic E-state index is 12.9. The van der Waals surface area contributed by atoms with Gasteiger partial charge in [0.1, 0.15) is 5.75 Å². The molecule has 0 unspecified atom stereocenters. The van der Waals surface area contributed by atoms with Gasteiger partial charge in [0.2, 0.25) is 0 Å². The Morgan fingerprint density at radius 3 is 2.31 bits per heavy atom. The highest BCUT2D eigenvalue weighted by atomic mass is 16.5. The fraction of sp³-hybridized carbons (Fsp3) is 0.500. The number of hydrogen-bond acceptors (Lipinski definition) is 5. The summed E-state index contributed by atoms with van der Waals surface area (Å²) in [5, 5.41) is 3.16. The Morgan fingerprint density at radius 1 is 0.969 bits per heavy atom. The molecule has 1 amide bonds. The van der Waals surface area contributed by atoms with E-state index in [1.165, 1.54) is 43.5 Å². The van der Waals surface area contributed by atoms with E-state index in [0.717, 1.165) is 38.6 Å². The lowest BCUT2D eigenvalue weighted by Gasteiger charge is -2.35. The SMILES string of the molecule is COc1ccc([C@@H](CNC(=O)c2ccc(CN3CCCCC3)cc2)N2CCOCC2)cc1. The van der Waals surface area contributed by atoms with Gasteiger partial charge in [0.15, 0.2) is 0 Å². The fourth-order valence-corrected chi connectivity index (χ4v) is 4.60. The van der Waals surface area contributed by atoms with Gasteiger partial charge in [0.05, 0.1) is 26.4 Å². The molecule has 4 rings (SSSR count). The standard InChI is InChI=1S/C26H35N3O3/c1-31-24-11-9-22(10-12-24)25(29-15-17-32-18-16-29)19-27-26(30)23-7-5-21(6-8-23)20-28-13-3-2-4-14-28/h5-12,25H,2-4,13-20H2,1H3,(H,27,30)/t25-/m1/s1. The first-order valence-electron chi connectivity index (χ1n) is 11.8. The van der Waals surface area contributed by atoms with Gasteiger partial charge in [0.25, 0.3) is 5.91 Å². The van der Waals surface area contributed by atoms with Crippen LogP contribution in [0.25, 0.3) is 0 Å². The van der Waals surface area contributed by atoms with Gasteiger partial charge in [-0.05, 0) is 61.3 Å². The van der Waals surface area contributed by atoms with Crippen LogP contribution in [0.5, 0.6) is 5.75 Å². The summed E-state index contributed by atoms with van der Waals surface area (Å²) in [5.41, 5.74) is 3.15. The minimum Gasteiger partial charge on any atom is -0.497 e. The van der Waals surface area contributed by atoms with Crippen molar-refractivity contribution in [2.45, 2.75) is 31.8 Å². The largest absolute Gasteiger partial charge is 0.497 e. The van der Waals surface area contributed by atoms with E-state index in [2.05, 4.69) is 39.4 Å². The molecule has 0 radical (unpaired) electrons. The molecule has 2 saturated heterocycles. The maximum absolute atomic E-state index is 12.9. The average Bonchev–Trinajstić information content (AvgIpc) is 2.86. The highest BCUT2D eigenvalue weighted by molar-refractivity contribution is 5.94. The van der Waals surface area contributed by atoms with E-state index >= 15 is 0 Å². The van der Waals surface area contributed by atoms with Crippen molar-refractivity contribution in [3.63, 3.8) is 0 Å². The molecule has 2 aromatic rings. The Bertz CT molecular complexity index is 842. The Balaban J connectivity index is 1.37. The molecular formula is C26H35N3O3. The Kier molecular flexibility index (Phi) is 8.15. The lowest BCUT2D eigenvalue weighted by Crippen LogP contribution is -2.43. The van der Waals surface area contributed by atoms with Crippen LogP contribution in [-0.2, 0) is 11.3 Å². The number of nitrogens with one attached hydrogen (secondary N) is 1. The number of piperidine rings is 1. The lowest BCUT2D eigenvalue weighted by molar-refractivity contribution is 0.0162. The molecule has 2 fully saturated rings. The third-order valence-corrected chi connectivity index (χ3v) is 6.51. The predicted octanol–water partition coefficient (Wildman–Crippen LogP) is 3.48. The molecule has 1 N–H and O–H groups in total. The van der Waals surface area contributed by atoms with Crippen LogP contribution in [-0.4, -0.2) is 68.8 Å². The van der Waals surface area contributed by atoms with Crippen molar-refractivity contribution in [1.82, 2.24) is 15.1 Å². The van der Waals surface area contributed by atoms with Crippen molar-refractivity contribution >= 4 is 5.91 Å². The van der Waals surface area contributed by atoms with Crippen LogP contribution in [0.2, 0.25) is 0 Å². The summed E-state index contributed by atoms with van der Waals surface area (Å²) >= 11 is 0. The second-order valence-corrected chi connectivity index (χ2v) is 8.68. The quantitative estimate of drug-likeness (QED) is 0.685. The fourth-order valence-electron chi connectivity index (χ4n) is 4.60. The number of carbonyl (C=O) groups is 1. The van der Waals surface area contributed by atoms with Crippen LogP contribution in [0, 0.1) is 0 Å². The number of morpholine rings is 1. The molecule has 2 aliphatic heterocycles. The molecular weight excluding hydrogens is 402 g/mol. The van der Waals surface area contributed by atoms with Gasteiger partial charge in [-0.1, -0.05) is 30.7 Å². The Hall–Kier alpha value is -2.41. The molecule has 2 heterocycles. The summed E-state index contributed by atoms with van der Waals surface area (Å²) in [6, 6.07) is 16.3. The second kappa shape index (κ2) is 11.5. The van der Waals surface area contributed by atoms with Crippen molar-refractivity contribution < 1.29 is 14.3 Å². The zero-order valence-electron chi connectivity index (χ0n) is 19.1.